The number of nitrogens with zero attached hydrogens (tertiary/aromatic N) is 1. The summed E-state index contributed by atoms with van der Waals surface area (Å²) in [5.74, 6) is -0.280. The summed E-state index contributed by atoms with van der Waals surface area (Å²) in [7, 11) is 4.36. The summed E-state index contributed by atoms with van der Waals surface area (Å²) < 4.78 is 21.5. The molecule has 0 aliphatic carbocycles. The predicted octanol–water partition coefficient (Wildman–Crippen LogP) is 5.60. The molecule has 0 fully saturated rings. The van der Waals surface area contributed by atoms with Crippen LogP contribution in [-0.2, 0) is 0 Å². The van der Waals surface area contributed by atoms with Crippen LogP contribution in [0.4, 0.5) is 5.69 Å². The van der Waals surface area contributed by atoms with Gasteiger partial charge in [-0.05, 0) is 72.8 Å². The highest BCUT2D eigenvalue weighted by Gasteiger charge is 2.19. The zero-order chi connectivity index (χ0) is 30.1. The number of methoxy groups -OCH3 is 3. The Morgan fingerprint density at radius 3 is 1.93 bits per heavy atom. The Labute approximate surface area is 246 Å². The molecule has 4 aromatic rings. The molecular weight excluding hydrogens is 562 g/mol. The van der Waals surface area contributed by atoms with Crippen LogP contribution < -0.4 is 29.7 Å². The molecule has 2 N–H and O–H groups in total. The molecular formula is C31H26ClN3O7. The van der Waals surface area contributed by atoms with E-state index in [0.717, 1.165) is 0 Å². The Morgan fingerprint density at radius 2 is 1.31 bits per heavy atom. The number of para-hydroxylation sites is 1. The van der Waals surface area contributed by atoms with Gasteiger partial charge in [-0.15, -0.1) is 0 Å². The summed E-state index contributed by atoms with van der Waals surface area (Å²) in [6.45, 7) is 0. The van der Waals surface area contributed by atoms with Crippen molar-refractivity contribution in [3.8, 4) is 23.0 Å². The van der Waals surface area contributed by atoms with Gasteiger partial charge in [-0.3, -0.25) is 9.59 Å². The Bertz CT molecular complexity index is 1600. The molecule has 0 radical (unpaired) electrons. The number of carbonyl (C=O) groups is 3. The van der Waals surface area contributed by atoms with Gasteiger partial charge < -0.3 is 24.3 Å². The first-order valence-corrected chi connectivity index (χ1v) is 12.8. The number of benzene rings is 4. The third-order valence-corrected chi connectivity index (χ3v) is 6.16. The minimum Gasteiger partial charge on any atom is -0.493 e. The lowest BCUT2D eigenvalue weighted by Gasteiger charge is -2.14. The average Bonchev–Trinajstić information content (AvgIpc) is 3.01. The number of carbonyl (C=O) groups excluding carboxylic acids is 3. The number of ether oxygens (including phenoxy) is 4. The molecule has 10 nitrogen and oxygen atoms in total. The second-order valence-electron chi connectivity index (χ2n) is 8.58. The van der Waals surface area contributed by atoms with Crippen LogP contribution in [0.2, 0.25) is 5.02 Å². The molecule has 0 atom stereocenters. The van der Waals surface area contributed by atoms with E-state index in [9.17, 15) is 14.4 Å². The van der Waals surface area contributed by atoms with Crippen LogP contribution in [0.1, 0.15) is 36.6 Å². The van der Waals surface area contributed by atoms with Crippen molar-refractivity contribution in [2.75, 3.05) is 26.6 Å². The van der Waals surface area contributed by atoms with Gasteiger partial charge >= 0.3 is 5.97 Å². The molecule has 0 bridgehead atoms. The van der Waals surface area contributed by atoms with Crippen molar-refractivity contribution in [2.45, 2.75) is 0 Å². The average molecular weight is 588 g/mol. The Kier molecular flexibility index (Phi) is 9.75. The van der Waals surface area contributed by atoms with E-state index in [-0.39, 0.29) is 17.2 Å². The molecule has 0 unspecified atom stereocenters. The van der Waals surface area contributed by atoms with Crippen LogP contribution in [0.5, 0.6) is 23.0 Å². The summed E-state index contributed by atoms with van der Waals surface area (Å²) in [6, 6.07) is 22.4. The molecule has 11 heteroatoms. The van der Waals surface area contributed by atoms with E-state index in [0.29, 0.717) is 44.6 Å². The van der Waals surface area contributed by atoms with Gasteiger partial charge in [0.25, 0.3) is 11.8 Å². The first-order chi connectivity index (χ1) is 20.3. The Morgan fingerprint density at radius 1 is 0.714 bits per heavy atom. The fourth-order valence-corrected chi connectivity index (χ4v) is 3.90. The van der Waals surface area contributed by atoms with E-state index in [4.69, 9.17) is 30.5 Å². The Hall–Kier alpha value is -5.35. The highest BCUT2D eigenvalue weighted by molar-refractivity contribution is 6.30. The van der Waals surface area contributed by atoms with Gasteiger partial charge in [0, 0.05) is 27.4 Å². The van der Waals surface area contributed by atoms with Crippen molar-refractivity contribution in [1.82, 2.24) is 5.43 Å². The van der Waals surface area contributed by atoms with Crippen molar-refractivity contribution in [3.63, 3.8) is 0 Å². The Balaban J connectivity index is 1.39. The molecule has 0 spiro atoms. The quantitative estimate of drug-likeness (QED) is 0.107. The number of esters is 1. The number of anilines is 1. The van der Waals surface area contributed by atoms with Gasteiger partial charge in [0.15, 0.2) is 11.5 Å². The summed E-state index contributed by atoms with van der Waals surface area (Å²) in [5, 5.41) is 7.29. The molecule has 0 saturated heterocycles. The molecule has 0 aliphatic rings. The van der Waals surface area contributed by atoms with E-state index >= 15 is 0 Å². The number of nitrogens with one attached hydrogen (secondary N) is 2. The zero-order valence-electron chi connectivity index (χ0n) is 22.8. The monoisotopic (exact) mass is 587 g/mol. The predicted molar refractivity (Wildman–Crippen MR) is 158 cm³/mol. The first kappa shape index (κ1) is 29.6. The van der Waals surface area contributed by atoms with Crippen LogP contribution >= 0.6 is 11.6 Å². The van der Waals surface area contributed by atoms with Gasteiger partial charge in [-0.1, -0.05) is 23.7 Å². The van der Waals surface area contributed by atoms with E-state index < -0.39 is 11.9 Å². The molecule has 0 saturated carbocycles. The van der Waals surface area contributed by atoms with E-state index in [1.165, 1.54) is 39.7 Å². The summed E-state index contributed by atoms with van der Waals surface area (Å²) >= 11 is 5.86. The molecule has 4 aromatic carbocycles. The third kappa shape index (κ3) is 7.23. The molecule has 0 heterocycles. The van der Waals surface area contributed by atoms with Gasteiger partial charge in [0.05, 0.1) is 33.1 Å². The fraction of sp³-hybridized carbons (Fsp3) is 0.0968. The van der Waals surface area contributed by atoms with Crippen molar-refractivity contribution in [2.24, 2.45) is 5.10 Å². The normalized spacial score (nSPS) is 10.6. The lowest BCUT2D eigenvalue weighted by atomic mass is 10.1. The van der Waals surface area contributed by atoms with Gasteiger partial charge in [0.2, 0.25) is 5.75 Å². The van der Waals surface area contributed by atoms with Crippen molar-refractivity contribution < 1.29 is 33.3 Å². The number of hydrogen-bond acceptors (Lipinski definition) is 8. The minimum atomic E-state index is -0.664. The molecule has 0 aliphatic heterocycles. The topological polar surface area (TPSA) is 125 Å². The standard InChI is InChI=1S/C31H26ClN3O7/c1-39-26-16-22(17-27(40-2)28(26)41-3)31(38)42-25-7-5-4-6-21(25)18-33-35-30(37)20-10-14-24(15-11-20)34-29(36)19-8-12-23(32)13-9-19/h4-18H,1-3H3,(H,34,36)(H,35,37)/b33-18-. The summed E-state index contributed by atoms with van der Waals surface area (Å²) in [5.41, 5.74) is 4.34. The van der Waals surface area contributed by atoms with Crippen molar-refractivity contribution in [3.05, 3.63) is 112 Å². The maximum atomic E-state index is 12.9. The van der Waals surface area contributed by atoms with Gasteiger partial charge in [0.1, 0.15) is 5.75 Å². The summed E-state index contributed by atoms with van der Waals surface area (Å²) in [6.07, 6.45) is 1.36. The third-order valence-electron chi connectivity index (χ3n) is 5.90. The highest BCUT2D eigenvalue weighted by Crippen LogP contribution is 2.38. The second-order valence-corrected chi connectivity index (χ2v) is 9.02. The zero-order valence-corrected chi connectivity index (χ0v) is 23.6. The fourth-order valence-electron chi connectivity index (χ4n) is 3.77. The van der Waals surface area contributed by atoms with Crippen molar-refractivity contribution >= 4 is 41.3 Å². The number of hydrazone groups is 1. The molecule has 0 aromatic heterocycles. The maximum Gasteiger partial charge on any atom is 0.343 e. The van der Waals surface area contributed by atoms with Crippen LogP contribution in [0, 0.1) is 0 Å². The van der Waals surface area contributed by atoms with Crippen LogP contribution in [0.15, 0.2) is 90.0 Å². The molecule has 2 amide bonds. The largest absolute Gasteiger partial charge is 0.493 e. The van der Waals surface area contributed by atoms with Gasteiger partial charge in [-0.2, -0.15) is 5.10 Å². The highest BCUT2D eigenvalue weighted by atomic mass is 35.5. The van der Waals surface area contributed by atoms with Crippen molar-refractivity contribution in [1.29, 1.82) is 0 Å². The molecule has 214 valence electrons. The van der Waals surface area contributed by atoms with Crippen LogP contribution in [0.25, 0.3) is 0 Å². The van der Waals surface area contributed by atoms with Crippen LogP contribution in [-0.4, -0.2) is 45.3 Å². The number of halogens is 1. The summed E-state index contributed by atoms with van der Waals surface area (Å²) in [4.78, 5) is 37.9. The smallest absolute Gasteiger partial charge is 0.343 e. The minimum absolute atomic E-state index is 0.178. The second kappa shape index (κ2) is 13.8. The van der Waals surface area contributed by atoms with E-state index in [1.54, 1.807) is 72.8 Å². The lowest BCUT2D eigenvalue weighted by Crippen LogP contribution is -2.18. The lowest BCUT2D eigenvalue weighted by molar-refractivity contribution is 0.0733. The number of rotatable bonds is 10. The molecule has 4 rings (SSSR count). The number of hydrogen-bond donors (Lipinski definition) is 2. The number of amides is 2. The van der Waals surface area contributed by atoms with Gasteiger partial charge in [-0.25, -0.2) is 10.2 Å². The first-order valence-electron chi connectivity index (χ1n) is 12.4. The van der Waals surface area contributed by atoms with Crippen LogP contribution in [0.3, 0.4) is 0 Å². The molecule has 42 heavy (non-hydrogen) atoms. The SMILES string of the molecule is COc1cc(C(=O)Oc2ccccc2/C=N\NC(=O)c2ccc(NC(=O)c3ccc(Cl)cc3)cc2)cc(OC)c1OC. The van der Waals surface area contributed by atoms with E-state index in [2.05, 4.69) is 15.8 Å². The van der Waals surface area contributed by atoms with E-state index in [1.807, 2.05) is 0 Å². The maximum absolute atomic E-state index is 12.9.